The third-order valence-corrected chi connectivity index (χ3v) is 1.67. The fourth-order valence-corrected chi connectivity index (χ4v) is 0.899. The molecule has 0 radical (unpaired) electrons. The van der Waals surface area contributed by atoms with Crippen LogP contribution in [-0.4, -0.2) is 0 Å². The van der Waals surface area contributed by atoms with Crippen molar-refractivity contribution in [3.63, 3.8) is 0 Å². The molecule has 1 aromatic rings. The van der Waals surface area contributed by atoms with Crippen molar-refractivity contribution in [1.82, 2.24) is 0 Å². The second kappa shape index (κ2) is 3.14. The van der Waals surface area contributed by atoms with Crippen molar-refractivity contribution < 1.29 is 0 Å². The molecule has 48 valence electrons. The van der Waals surface area contributed by atoms with Crippen LogP contribution in [-0.2, 0) is 18.4 Å². The van der Waals surface area contributed by atoms with Crippen LogP contribution in [0.2, 0.25) is 5.02 Å². The molecular formula is C7H6ClS-. The van der Waals surface area contributed by atoms with Gasteiger partial charge in [-0.15, -0.1) is 0 Å². The van der Waals surface area contributed by atoms with Gasteiger partial charge in [-0.2, -0.15) is 5.75 Å². The van der Waals surface area contributed by atoms with Gasteiger partial charge in [-0.25, -0.2) is 0 Å². The highest BCUT2D eigenvalue weighted by Gasteiger charge is 1.83. The van der Waals surface area contributed by atoms with E-state index >= 15 is 0 Å². The highest BCUT2D eigenvalue weighted by atomic mass is 35.5. The Labute approximate surface area is 65.3 Å². The molecule has 0 heterocycles. The standard InChI is InChI=1S/C7H7ClS/c8-7-3-1-6(5-9)2-4-7/h1-4,9H,5H2/p-1. The first-order valence-corrected chi connectivity index (χ1v) is 3.61. The van der Waals surface area contributed by atoms with Crippen LogP contribution in [0.25, 0.3) is 0 Å². The molecule has 0 spiro atoms. The molecule has 0 saturated heterocycles. The van der Waals surface area contributed by atoms with Crippen molar-refractivity contribution in [2.24, 2.45) is 0 Å². The van der Waals surface area contributed by atoms with Gasteiger partial charge in [0, 0.05) is 5.02 Å². The van der Waals surface area contributed by atoms with Gasteiger partial charge >= 0.3 is 0 Å². The van der Waals surface area contributed by atoms with Gasteiger partial charge in [-0.1, -0.05) is 29.3 Å². The minimum atomic E-state index is 0.664. The molecule has 2 heteroatoms. The quantitative estimate of drug-likeness (QED) is 0.565. The van der Waals surface area contributed by atoms with E-state index < -0.39 is 0 Å². The lowest BCUT2D eigenvalue weighted by atomic mass is 10.2. The maximum absolute atomic E-state index is 5.63. The Morgan fingerprint density at radius 1 is 1.22 bits per heavy atom. The zero-order chi connectivity index (χ0) is 6.69. The second-order valence-electron chi connectivity index (χ2n) is 1.77. The lowest BCUT2D eigenvalue weighted by Gasteiger charge is -2.01. The molecule has 0 fully saturated rings. The Kier molecular flexibility index (Phi) is 2.43. The molecule has 1 rings (SSSR count). The Hall–Kier alpha value is -0.140. The van der Waals surface area contributed by atoms with Crippen LogP contribution in [0.1, 0.15) is 5.56 Å². The predicted molar refractivity (Wildman–Crippen MR) is 42.5 cm³/mol. The van der Waals surface area contributed by atoms with E-state index in [0.29, 0.717) is 5.75 Å². The monoisotopic (exact) mass is 157 g/mol. The van der Waals surface area contributed by atoms with E-state index in [1.807, 2.05) is 24.3 Å². The summed E-state index contributed by atoms with van der Waals surface area (Å²) in [5.41, 5.74) is 1.15. The molecule has 0 aromatic heterocycles. The van der Waals surface area contributed by atoms with Crippen LogP contribution in [0.15, 0.2) is 24.3 Å². The first-order valence-electron chi connectivity index (χ1n) is 2.65. The number of benzene rings is 1. The first-order chi connectivity index (χ1) is 4.33. The summed E-state index contributed by atoms with van der Waals surface area (Å²) in [5, 5.41) is 0.766. The molecule has 0 N–H and O–H groups in total. The van der Waals surface area contributed by atoms with E-state index in [1.54, 1.807) is 0 Å². The maximum atomic E-state index is 5.63. The summed E-state index contributed by atoms with van der Waals surface area (Å²) in [6.07, 6.45) is 0. The molecule has 0 unspecified atom stereocenters. The zero-order valence-corrected chi connectivity index (χ0v) is 6.38. The lowest BCUT2D eigenvalue weighted by Crippen LogP contribution is -1.76. The Morgan fingerprint density at radius 3 is 2.22 bits per heavy atom. The Morgan fingerprint density at radius 2 is 1.78 bits per heavy atom. The van der Waals surface area contributed by atoms with Crippen molar-refractivity contribution in [3.05, 3.63) is 34.9 Å². The molecule has 0 aliphatic rings. The van der Waals surface area contributed by atoms with Crippen LogP contribution < -0.4 is 0 Å². The number of hydrogen-bond acceptors (Lipinski definition) is 1. The molecule has 0 aliphatic carbocycles. The summed E-state index contributed by atoms with van der Waals surface area (Å²) in [5.74, 6) is 0.664. The van der Waals surface area contributed by atoms with Crippen LogP contribution in [0, 0.1) is 0 Å². The fraction of sp³-hybridized carbons (Fsp3) is 0.143. The maximum Gasteiger partial charge on any atom is 0.0406 e. The first kappa shape index (κ1) is 6.97. The van der Waals surface area contributed by atoms with Crippen molar-refractivity contribution in [1.29, 1.82) is 0 Å². The minimum Gasteiger partial charge on any atom is -0.788 e. The third-order valence-electron chi connectivity index (χ3n) is 1.08. The van der Waals surface area contributed by atoms with E-state index in [-0.39, 0.29) is 0 Å². The summed E-state index contributed by atoms with van der Waals surface area (Å²) in [7, 11) is 0. The molecule has 0 atom stereocenters. The Bertz CT molecular complexity index is 181. The van der Waals surface area contributed by atoms with Gasteiger partial charge in [-0.3, -0.25) is 0 Å². The van der Waals surface area contributed by atoms with Gasteiger partial charge in [0.2, 0.25) is 0 Å². The average molecular weight is 158 g/mol. The normalized spacial score (nSPS) is 9.56. The van der Waals surface area contributed by atoms with Gasteiger partial charge in [-0.05, 0) is 12.1 Å². The molecule has 0 saturated carbocycles. The number of halogens is 1. The molecule has 0 amide bonds. The molecular weight excluding hydrogens is 152 g/mol. The van der Waals surface area contributed by atoms with Crippen LogP contribution in [0.3, 0.4) is 0 Å². The van der Waals surface area contributed by atoms with E-state index in [2.05, 4.69) is 0 Å². The van der Waals surface area contributed by atoms with Crippen molar-refractivity contribution in [3.8, 4) is 0 Å². The van der Waals surface area contributed by atoms with Gasteiger partial charge in [0.15, 0.2) is 0 Å². The van der Waals surface area contributed by atoms with Crippen LogP contribution >= 0.6 is 11.6 Å². The van der Waals surface area contributed by atoms with E-state index in [0.717, 1.165) is 10.6 Å². The number of rotatable bonds is 1. The fourth-order valence-electron chi connectivity index (χ4n) is 0.581. The molecule has 0 bridgehead atoms. The van der Waals surface area contributed by atoms with Crippen LogP contribution in [0.4, 0.5) is 0 Å². The summed E-state index contributed by atoms with van der Waals surface area (Å²) < 4.78 is 0. The van der Waals surface area contributed by atoms with Gasteiger partial charge in [0.25, 0.3) is 0 Å². The summed E-state index contributed by atoms with van der Waals surface area (Å²) >= 11 is 10.5. The summed E-state index contributed by atoms with van der Waals surface area (Å²) in [6.45, 7) is 0. The smallest absolute Gasteiger partial charge is 0.0406 e. The van der Waals surface area contributed by atoms with Gasteiger partial charge < -0.3 is 12.6 Å². The minimum absolute atomic E-state index is 0.664. The molecule has 1 aromatic carbocycles. The molecule has 9 heavy (non-hydrogen) atoms. The average Bonchev–Trinajstić information content (AvgIpc) is 1.90. The lowest BCUT2D eigenvalue weighted by molar-refractivity contribution is 1.43. The summed E-state index contributed by atoms with van der Waals surface area (Å²) in [6, 6.07) is 7.58. The second-order valence-corrected chi connectivity index (χ2v) is 2.50. The predicted octanol–water partition coefficient (Wildman–Crippen LogP) is 2.39. The summed E-state index contributed by atoms with van der Waals surface area (Å²) in [4.78, 5) is 0. The SMILES string of the molecule is [S-]Cc1ccc(Cl)cc1. The number of hydrogen-bond donors (Lipinski definition) is 0. The highest BCUT2D eigenvalue weighted by Crippen LogP contribution is 2.08. The van der Waals surface area contributed by atoms with Crippen molar-refractivity contribution in [2.75, 3.05) is 0 Å². The topological polar surface area (TPSA) is 0 Å². The van der Waals surface area contributed by atoms with E-state index in [9.17, 15) is 0 Å². The van der Waals surface area contributed by atoms with Gasteiger partial charge in [0.1, 0.15) is 0 Å². The Balaban J connectivity index is 2.88. The highest BCUT2D eigenvalue weighted by molar-refractivity contribution is 7.57. The molecule has 0 aliphatic heterocycles. The van der Waals surface area contributed by atoms with Crippen molar-refractivity contribution >= 4 is 24.2 Å². The largest absolute Gasteiger partial charge is 0.788 e. The zero-order valence-electron chi connectivity index (χ0n) is 4.80. The van der Waals surface area contributed by atoms with Gasteiger partial charge in [0.05, 0.1) is 0 Å². The van der Waals surface area contributed by atoms with Crippen molar-refractivity contribution in [2.45, 2.75) is 5.75 Å². The van der Waals surface area contributed by atoms with E-state index in [1.165, 1.54) is 0 Å². The van der Waals surface area contributed by atoms with E-state index in [4.69, 9.17) is 24.2 Å². The molecule has 0 nitrogen and oxygen atoms in total. The third kappa shape index (κ3) is 1.92. The van der Waals surface area contributed by atoms with Crippen LogP contribution in [0.5, 0.6) is 0 Å².